The van der Waals surface area contributed by atoms with Crippen LogP contribution >= 0.6 is 0 Å². The van der Waals surface area contributed by atoms with Gasteiger partial charge in [0.25, 0.3) is 11.8 Å². The molecule has 0 aliphatic carbocycles. The quantitative estimate of drug-likeness (QED) is 0.582. The molecule has 1 heterocycles. The summed E-state index contributed by atoms with van der Waals surface area (Å²) < 4.78 is 28.6. The van der Waals surface area contributed by atoms with Gasteiger partial charge in [0.15, 0.2) is 9.84 Å². The molecule has 3 rings (SSSR count). The van der Waals surface area contributed by atoms with Gasteiger partial charge in [-0.05, 0) is 24.3 Å². The van der Waals surface area contributed by atoms with Gasteiger partial charge in [0.2, 0.25) is 0 Å². The Morgan fingerprint density at radius 3 is 2.08 bits per heavy atom. The minimum absolute atomic E-state index is 0.0858. The molecule has 2 aromatic carbocycles. The Labute approximate surface area is 150 Å². The van der Waals surface area contributed by atoms with Crippen LogP contribution in [0.15, 0.2) is 53.4 Å². The molecule has 0 saturated heterocycles. The van der Waals surface area contributed by atoms with Gasteiger partial charge < -0.3 is 4.74 Å². The fourth-order valence-electron chi connectivity index (χ4n) is 2.71. The number of amides is 2. The Hall–Kier alpha value is -3.00. The molecule has 0 N–H and O–H groups in total. The van der Waals surface area contributed by atoms with E-state index in [2.05, 4.69) is 0 Å². The maximum atomic E-state index is 12.2. The van der Waals surface area contributed by atoms with E-state index in [9.17, 15) is 22.8 Å². The summed E-state index contributed by atoms with van der Waals surface area (Å²) in [6.45, 7) is -0.346. The second-order valence-corrected chi connectivity index (χ2v) is 7.70. The highest BCUT2D eigenvalue weighted by Gasteiger charge is 2.34. The number of rotatable bonds is 5. The largest absolute Gasteiger partial charge is 0.460 e. The third kappa shape index (κ3) is 3.23. The molecule has 2 aromatic rings. The van der Waals surface area contributed by atoms with Crippen LogP contribution in [0, 0.1) is 0 Å². The van der Waals surface area contributed by atoms with Gasteiger partial charge in [0.1, 0.15) is 6.61 Å². The van der Waals surface area contributed by atoms with Crippen molar-refractivity contribution in [2.45, 2.75) is 4.90 Å². The van der Waals surface area contributed by atoms with Crippen molar-refractivity contribution in [2.24, 2.45) is 0 Å². The molecular formula is C18H15NO6S. The first-order chi connectivity index (χ1) is 12.3. The molecule has 26 heavy (non-hydrogen) atoms. The van der Waals surface area contributed by atoms with E-state index in [1.54, 1.807) is 24.3 Å². The number of hydrogen-bond donors (Lipinski definition) is 0. The van der Waals surface area contributed by atoms with E-state index in [4.69, 9.17) is 4.74 Å². The smallest absolute Gasteiger partial charge is 0.339 e. The number of benzene rings is 2. The first kappa shape index (κ1) is 17.8. The van der Waals surface area contributed by atoms with E-state index in [-0.39, 0.29) is 23.6 Å². The first-order valence-corrected chi connectivity index (χ1v) is 9.61. The van der Waals surface area contributed by atoms with Crippen LogP contribution in [0.25, 0.3) is 0 Å². The summed E-state index contributed by atoms with van der Waals surface area (Å²) in [4.78, 5) is 37.5. The molecule has 2 amide bonds. The average Bonchev–Trinajstić information content (AvgIpc) is 2.86. The number of sulfone groups is 1. The fraction of sp³-hybridized carbons (Fsp3) is 0.167. The minimum Gasteiger partial charge on any atom is -0.460 e. The minimum atomic E-state index is -3.59. The van der Waals surface area contributed by atoms with Crippen molar-refractivity contribution < 1.29 is 27.5 Å². The van der Waals surface area contributed by atoms with Crippen LogP contribution in [0.3, 0.4) is 0 Å². The van der Waals surface area contributed by atoms with Gasteiger partial charge in [-0.2, -0.15) is 0 Å². The van der Waals surface area contributed by atoms with Crippen molar-refractivity contribution in [3.63, 3.8) is 0 Å². The van der Waals surface area contributed by atoms with Crippen molar-refractivity contribution in [3.8, 4) is 0 Å². The standard InChI is InChI=1S/C18H15NO6S/c1-26(23,24)15-9-5-4-8-14(15)18(22)25-11-10-19-16(20)12-6-2-3-7-13(12)17(19)21/h2-9H,10-11H2,1H3. The molecule has 0 aromatic heterocycles. The molecule has 0 fully saturated rings. The van der Waals surface area contributed by atoms with Crippen LogP contribution < -0.4 is 0 Å². The third-order valence-corrected chi connectivity index (χ3v) is 5.09. The maximum absolute atomic E-state index is 12.2. The van der Waals surface area contributed by atoms with Gasteiger partial charge in [-0.15, -0.1) is 0 Å². The molecule has 0 radical (unpaired) electrons. The van der Waals surface area contributed by atoms with Crippen LogP contribution in [-0.4, -0.2) is 50.5 Å². The van der Waals surface area contributed by atoms with E-state index < -0.39 is 27.6 Å². The molecule has 1 aliphatic heterocycles. The van der Waals surface area contributed by atoms with E-state index in [0.717, 1.165) is 11.2 Å². The summed E-state index contributed by atoms with van der Waals surface area (Å²) in [6, 6.07) is 12.1. The Kier molecular flexibility index (Phi) is 4.60. The number of carbonyl (C=O) groups excluding carboxylic acids is 3. The van der Waals surface area contributed by atoms with E-state index in [1.165, 1.54) is 24.3 Å². The molecule has 0 bridgehead atoms. The van der Waals surface area contributed by atoms with Gasteiger partial charge in [-0.25, -0.2) is 13.2 Å². The van der Waals surface area contributed by atoms with Gasteiger partial charge in [-0.1, -0.05) is 24.3 Å². The number of carbonyl (C=O) groups is 3. The zero-order valence-corrected chi connectivity index (χ0v) is 14.7. The summed E-state index contributed by atoms with van der Waals surface area (Å²) in [5, 5.41) is 0. The number of hydrogen-bond acceptors (Lipinski definition) is 6. The van der Waals surface area contributed by atoms with Gasteiger partial charge in [0.05, 0.1) is 28.1 Å². The predicted molar refractivity (Wildman–Crippen MR) is 91.6 cm³/mol. The van der Waals surface area contributed by atoms with Gasteiger partial charge in [-0.3, -0.25) is 14.5 Å². The molecule has 0 spiro atoms. The molecule has 0 unspecified atom stereocenters. The van der Waals surface area contributed by atoms with Crippen molar-refractivity contribution in [3.05, 3.63) is 65.2 Å². The van der Waals surface area contributed by atoms with Crippen LogP contribution in [0.4, 0.5) is 0 Å². The zero-order chi connectivity index (χ0) is 18.9. The number of fused-ring (bicyclic) bond motifs is 1. The van der Waals surface area contributed by atoms with Crippen LogP contribution in [-0.2, 0) is 14.6 Å². The van der Waals surface area contributed by atoms with Gasteiger partial charge in [0, 0.05) is 6.26 Å². The number of esters is 1. The molecule has 7 nitrogen and oxygen atoms in total. The lowest BCUT2D eigenvalue weighted by atomic mass is 10.1. The van der Waals surface area contributed by atoms with Crippen LogP contribution in [0.1, 0.15) is 31.1 Å². The van der Waals surface area contributed by atoms with Crippen LogP contribution in [0.2, 0.25) is 0 Å². The van der Waals surface area contributed by atoms with Gasteiger partial charge >= 0.3 is 5.97 Å². The summed E-state index contributed by atoms with van der Waals surface area (Å²) in [7, 11) is -3.59. The topological polar surface area (TPSA) is 97.8 Å². The van der Waals surface area contributed by atoms with Crippen LogP contribution in [0.5, 0.6) is 0 Å². The lowest BCUT2D eigenvalue weighted by Crippen LogP contribution is -2.33. The lowest BCUT2D eigenvalue weighted by molar-refractivity contribution is 0.0417. The first-order valence-electron chi connectivity index (χ1n) is 7.72. The third-order valence-electron chi connectivity index (χ3n) is 3.93. The monoisotopic (exact) mass is 373 g/mol. The molecule has 0 saturated carbocycles. The maximum Gasteiger partial charge on any atom is 0.339 e. The molecular weight excluding hydrogens is 358 g/mol. The summed E-state index contributed by atoms with van der Waals surface area (Å²) in [5.41, 5.74) is 0.537. The summed E-state index contributed by atoms with van der Waals surface area (Å²) >= 11 is 0. The average molecular weight is 373 g/mol. The Bertz CT molecular complexity index is 977. The zero-order valence-electron chi connectivity index (χ0n) is 13.8. The van der Waals surface area contributed by atoms with Crippen molar-refractivity contribution >= 4 is 27.6 Å². The number of nitrogens with zero attached hydrogens (tertiary/aromatic N) is 1. The van der Waals surface area contributed by atoms with E-state index in [1.807, 2.05) is 0 Å². The number of imide groups is 1. The SMILES string of the molecule is CS(=O)(=O)c1ccccc1C(=O)OCCN1C(=O)c2ccccc2C1=O. The van der Waals surface area contributed by atoms with E-state index in [0.29, 0.717) is 11.1 Å². The second kappa shape index (κ2) is 6.72. The Morgan fingerprint density at radius 2 is 1.50 bits per heavy atom. The number of ether oxygens (including phenoxy) is 1. The summed E-state index contributed by atoms with van der Waals surface area (Å²) in [6.07, 6.45) is 0.998. The second-order valence-electron chi connectivity index (χ2n) is 5.71. The predicted octanol–water partition coefficient (Wildman–Crippen LogP) is 1.54. The molecule has 8 heteroatoms. The van der Waals surface area contributed by atoms with E-state index >= 15 is 0 Å². The highest BCUT2D eigenvalue weighted by atomic mass is 32.2. The molecule has 134 valence electrons. The van der Waals surface area contributed by atoms with Crippen molar-refractivity contribution in [1.29, 1.82) is 0 Å². The van der Waals surface area contributed by atoms with Crippen molar-refractivity contribution in [1.82, 2.24) is 4.90 Å². The Morgan fingerprint density at radius 1 is 0.962 bits per heavy atom. The Balaban J connectivity index is 1.68. The highest BCUT2D eigenvalue weighted by molar-refractivity contribution is 7.90. The highest BCUT2D eigenvalue weighted by Crippen LogP contribution is 2.22. The lowest BCUT2D eigenvalue weighted by Gasteiger charge is -2.14. The van der Waals surface area contributed by atoms with Crippen molar-refractivity contribution in [2.75, 3.05) is 19.4 Å². The molecule has 0 atom stereocenters. The summed E-state index contributed by atoms with van der Waals surface area (Å²) in [5.74, 6) is -1.72. The normalized spacial score (nSPS) is 13.7. The molecule has 1 aliphatic rings. The fourth-order valence-corrected chi connectivity index (χ4v) is 3.58.